The number of anilines is 3. The van der Waals surface area contributed by atoms with E-state index in [9.17, 15) is 9.59 Å². The predicted octanol–water partition coefficient (Wildman–Crippen LogP) is 0.785. The summed E-state index contributed by atoms with van der Waals surface area (Å²) in [7, 11) is 0. The number of carbonyl (C=O) groups excluding carboxylic acids is 2. The highest BCUT2D eigenvalue weighted by molar-refractivity contribution is 6.32. The molecule has 2 atom stereocenters. The minimum atomic E-state index is -0.255. The topological polar surface area (TPSA) is 195 Å². The molecule has 0 aliphatic carbocycles. The molecule has 0 spiro atoms. The van der Waals surface area contributed by atoms with Gasteiger partial charge in [0.25, 0.3) is 0 Å². The number of cyclic esters (lactones) is 2. The van der Waals surface area contributed by atoms with E-state index in [1.807, 2.05) is 4.90 Å². The van der Waals surface area contributed by atoms with Gasteiger partial charge in [-0.25, -0.2) is 14.0 Å². The Balaban J connectivity index is 0.000000144. The van der Waals surface area contributed by atoms with Gasteiger partial charge in [0.15, 0.2) is 21.9 Å². The van der Waals surface area contributed by atoms with Gasteiger partial charge in [-0.3, -0.25) is 9.80 Å². The highest BCUT2D eigenvalue weighted by Crippen LogP contribution is 2.22. The molecule has 4 fully saturated rings. The smallest absolute Gasteiger partial charge is 0.410 e. The number of carbonyl (C=O) groups is 2. The first kappa shape index (κ1) is 28.1. The number of halogens is 4. The maximum Gasteiger partial charge on any atom is 0.410 e. The molecule has 0 unspecified atom stereocenters. The Morgan fingerprint density at radius 2 is 1.29 bits per heavy atom. The maximum atomic E-state index is 11.4. The summed E-state index contributed by atoms with van der Waals surface area (Å²) in [4.78, 5) is 35.3. The number of aromatic nitrogens is 6. The first-order chi connectivity index (χ1) is 18.1. The van der Waals surface area contributed by atoms with Crippen LogP contribution in [0.4, 0.5) is 27.2 Å². The zero-order valence-electron chi connectivity index (χ0n) is 19.6. The molecule has 206 valence electrons. The number of nitrogens with two attached hydrogens (primary N) is 2. The summed E-state index contributed by atoms with van der Waals surface area (Å²) in [5, 5.41) is 14.5. The lowest BCUT2D eigenvalue weighted by Gasteiger charge is -2.35. The Morgan fingerprint density at radius 1 is 0.737 bits per heavy atom. The number of rotatable bonds is 1. The van der Waals surface area contributed by atoms with Crippen LogP contribution < -0.4 is 16.4 Å². The van der Waals surface area contributed by atoms with Crippen LogP contribution in [0.1, 0.15) is 0 Å². The van der Waals surface area contributed by atoms with Crippen LogP contribution in [0.5, 0.6) is 0 Å². The molecule has 20 heteroatoms. The molecule has 6 heterocycles. The highest BCUT2D eigenvalue weighted by atomic mass is 35.5. The number of ether oxygens (including phenoxy) is 2. The minimum Gasteiger partial charge on any atom is -0.447 e. The van der Waals surface area contributed by atoms with E-state index in [0.29, 0.717) is 51.9 Å². The average molecular weight is 612 g/mol. The number of piperazine rings is 2. The largest absolute Gasteiger partial charge is 0.447 e. The first-order valence-corrected chi connectivity index (χ1v) is 12.6. The molecule has 4 saturated heterocycles. The SMILES string of the molecule is Nc1nc(Cl)nnc1Cl.Nc1nc(N2CCN3C(=O)OC[C@H]3C2)nnc1Cl.O=C1OC[C@H]2CN(Cl)CCN12. The monoisotopic (exact) mass is 610 g/mol. The number of hydrogen-bond donors (Lipinski definition) is 2. The van der Waals surface area contributed by atoms with E-state index in [-0.39, 0.29) is 51.5 Å². The second-order valence-electron chi connectivity index (χ2n) is 8.21. The van der Waals surface area contributed by atoms with E-state index in [4.69, 9.17) is 67.5 Å². The van der Waals surface area contributed by atoms with Gasteiger partial charge in [-0.05, 0) is 23.4 Å². The Bertz CT molecular complexity index is 1180. The Morgan fingerprint density at radius 3 is 1.87 bits per heavy atom. The van der Waals surface area contributed by atoms with Gasteiger partial charge in [-0.1, -0.05) is 23.2 Å². The Kier molecular flexibility index (Phi) is 9.09. The van der Waals surface area contributed by atoms with Crippen molar-refractivity contribution in [2.75, 3.05) is 68.8 Å². The summed E-state index contributed by atoms with van der Waals surface area (Å²) in [5.41, 5.74) is 10.8. The lowest BCUT2D eigenvalue weighted by Crippen LogP contribution is -2.52. The van der Waals surface area contributed by atoms with Crippen molar-refractivity contribution < 1.29 is 19.1 Å². The lowest BCUT2D eigenvalue weighted by atomic mass is 10.2. The van der Waals surface area contributed by atoms with Gasteiger partial charge in [0, 0.05) is 39.3 Å². The molecule has 38 heavy (non-hydrogen) atoms. The second-order valence-corrected chi connectivity index (χ2v) is 9.74. The van der Waals surface area contributed by atoms with E-state index >= 15 is 0 Å². The molecular weight excluding hydrogens is 590 g/mol. The third kappa shape index (κ3) is 6.74. The van der Waals surface area contributed by atoms with Crippen LogP contribution in [-0.4, -0.2) is 121 Å². The van der Waals surface area contributed by atoms with E-state index < -0.39 is 0 Å². The standard InChI is InChI=1S/C9H11ClN6O2.C6H9ClN2O2.C3H2Cl2N4/c10-6-7(11)12-8(14-13-6)15-1-2-16-5(3-15)4-18-9(16)17;7-8-1-2-9-5(3-8)4-11-6(9)10;4-1-2(6)7-3(5)9-8-1/h5H,1-4H2,(H2,11,12,14);5H,1-4H2;(H2,6,7,9)/t2*5-;/m11./s1. The van der Waals surface area contributed by atoms with Crippen LogP contribution >= 0.6 is 46.6 Å². The normalized spacial score (nSPS) is 22.4. The third-order valence-electron chi connectivity index (χ3n) is 5.77. The first-order valence-electron chi connectivity index (χ1n) is 11.1. The molecular formula is C18H22Cl4N12O4. The fourth-order valence-electron chi connectivity index (χ4n) is 3.88. The molecule has 0 saturated carbocycles. The van der Waals surface area contributed by atoms with Crippen molar-refractivity contribution in [3.8, 4) is 0 Å². The number of hydrogen-bond acceptors (Lipinski definition) is 14. The maximum absolute atomic E-state index is 11.4. The molecule has 2 aromatic heterocycles. The van der Waals surface area contributed by atoms with Crippen molar-refractivity contribution >= 4 is 76.4 Å². The van der Waals surface area contributed by atoms with Crippen molar-refractivity contribution in [3.05, 3.63) is 15.6 Å². The molecule has 4 aliphatic heterocycles. The van der Waals surface area contributed by atoms with Gasteiger partial charge in [-0.15, -0.1) is 20.4 Å². The Hall–Kier alpha value is -2.92. The van der Waals surface area contributed by atoms with Crippen molar-refractivity contribution in [1.82, 2.24) is 44.6 Å². The molecule has 0 radical (unpaired) electrons. The van der Waals surface area contributed by atoms with Crippen LogP contribution in [0.3, 0.4) is 0 Å². The number of nitrogens with zero attached hydrogens (tertiary/aromatic N) is 10. The van der Waals surface area contributed by atoms with Gasteiger partial charge in [0.1, 0.15) is 13.2 Å². The van der Waals surface area contributed by atoms with Crippen LogP contribution in [0, 0.1) is 0 Å². The lowest BCUT2D eigenvalue weighted by molar-refractivity contribution is 0.148. The summed E-state index contributed by atoms with van der Waals surface area (Å²) in [6, 6.07) is 0.209. The van der Waals surface area contributed by atoms with Gasteiger partial charge in [0.05, 0.1) is 12.1 Å². The fourth-order valence-corrected chi connectivity index (χ4v) is 4.40. The van der Waals surface area contributed by atoms with Crippen LogP contribution in [0.2, 0.25) is 15.6 Å². The third-order valence-corrected chi connectivity index (χ3v) is 6.78. The van der Waals surface area contributed by atoms with E-state index in [1.54, 1.807) is 14.2 Å². The molecule has 4 aliphatic rings. The highest BCUT2D eigenvalue weighted by Gasteiger charge is 2.38. The number of nitrogen functional groups attached to an aromatic ring is 2. The van der Waals surface area contributed by atoms with Gasteiger partial charge in [-0.2, -0.15) is 9.97 Å². The molecule has 16 nitrogen and oxygen atoms in total. The molecule has 6 rings (SSSR count). The van der Waals surface area contributed by atoms with Gasteiger partial charge < -0.3 is 25.8 Å². The van der Waals surface area contributed by atoms with Crippen LogP contribution in [0.25, 0.3) is 0 Å². The fraction of sp³-hybridized carbons (Fsp3) is 0.556. The molecule has 2 aromatic rings. The zero-order chi connectivity index (χ0) is 27.4. The van der Waals surface area contributed by atoms with Crippen LogP contribution in [-0.2, 0) is 9.47 Å². The van der Waals surface area contributed by atoms with Crippen molar-refractivity contribution in [2.24, 2.45) is 0 Å². The van der Waals surface area contributed by atoms with E-state index in [1.165, 1.54) is 0 Å². The van der Waals surface area contributed by atoms with Crippen molar-refractivity contribution in [2.45, 2.75) is 12.1 Å². The minimum absolute atomic E-state index is 0.00287. The predicted molar refractivity (Wildman–Crippen MR) is 137 cm³/mol. The second kappa shape index (κ2) is 12.3. The number of fused-ring (bicyclic) bond motifs is 2. The molecule has 0 aromatic carbocycles. The van der Waals surface area contributed by atoms with Gasteiger partial charge in [0.2, 0.25) is 11.2 Å². The van der Waals surface area contributed by atoms with Crippen molar-refractivity contribution in [1.29, 1.82) is 0 Å². The Labute approximate surface area is 236 Å². The van der Waals surface area contributed by atoms with E-state index in [2.05, 4.69) is 30.4 Å². The van der Waals surface area contributed by atoms with E-state index in [0.717, 1.165) is 6.54 Å². The van der Waals surface area contributed by atoms with Crippen molar-refractivity contribution in [3.63, 3.8) is 0 Å². The molecule has 4 N–H and O–H groups in total. The molecule has 0 bridgehead atoms. The van der Waals surface area contributed by atoms with Gasteiger partial charge >= 0.3 is 12.2 Å². The summed E-state index contributed by atoms with van der Waals surface area (Å²) >= 11 is 22.1. The van der Waals surface area contributed by atoms with Crippen LogP contribution in [0.15, 0.2) is 0 Å². The molecule has 2 amide bonds. The summed E-state index contributed by atoms with van der Waals surface area (Å²) in [5.74, 6) is 0.676. The average Bonchev–Trinajstić information content (AvgIpc) is 3.45. The zero-order valence-corrected chi connectivity index (χ0v) is 22.6. The summed E-state index contributed by atoms with van der Waals surface area (Å²) in [6.45, 7) is 4.82. The number of amides is 2. The summed E-state index contributed by atoms with van der Waals surface area (Å²) in [6.07, 6.45) is -0.450. The quantitative estimate of drug-likeness (QED) is 0.429. The summed E-state index contributed by atoms with van der Waals surface area (Å²) < 4.78 is 11.5.